The zero-order valence-corrected chi connectivity index (χ0v) is 12.4. The Morgan fingerprint density at radius 2 is 2.19 bits per heavy atom. The second-order valence-electron chi connectivity index (χ2n) is 4.74. The summed E-state index contributed by atoms with van der Waals surface area (Å²) in [5, 5.41) is 13.2. The van der Waals surface area contributed by atoms with E-state index in [4.69, 9.17) is 26.8 Å². The van der Waals surface area contributed by atoms with Gasteiger partial charge in [-0.15, -0.1) is 0 Å². The molecule has 4 N–H and O–H groups in total. The van der Waals surface area contributed by atoms with Crippen LogP contribution in [0.4, 0.5) is 0 Å². The van der Waals surface area contributed by atoms with E-state index < -0.39 is 6.10 Å². The Labute approximate surface area is 128 Å². The Bertz CT molecular complexity index is 510. The minimum atomic E-state index is -0.861. The van der Waals surface area contributed by atoms with Gasteiger partial charge in [0.05, 0.1) is 11.1 Å². The van der Waals surface area contributed by atoms with Crippen LogP contribution in [-0.4, -0.2) is 37.3 Å². The molecule has 1 heterocycles. The van der Waals surface area contributed by atoms with Crippen molar-refractivity contribution in [1.29, 1.82) is 0 Å². The summed E-state index contributed by atoms with van der Waals surface area (Å²) in [5.41, 5.74) is 5.91. The molecule has 1 aromatic carbocycles. The molecule has 21 heavy (non-hydrogen) atoms. The molecule has 0 saturated carbocycles. The first-order valence-corrected chi connectivity index (χ1v) is 7.23. The molecule has 0 aliphatic carbocycles. The van der Waals surface area contributed by atoms with Crippen molar-refractivity contribution in [1.82, 2.24) is 5.32 Å². The monoisotopic (exact) mass is 314 g/mol. The fraction of sp³-hybridized carbons (Fsp3) is 0.500. The number of aliphatic hydroxyl groups excluding tert-OH is 1. The molecular formula is C14H19ClN2O4. The first kappa shape index (κ1) is 15.9. The quantitative estimate of drug-likeness (QED) is 0.728. The van der Waals surface area contributed by atoms with Crippen molar-refractivity contribution in [3.63, 3.8) is 0 Å². The molecular weight excluding hydrogens is 296 g/mol. The highest BCUT2D eigenvalue weighted by Crippen LogP contribution is 2.39. The minimum Gasteiger partial charge on any atom is -0.486 e. The molecule has 0 spiro atoms. The number of halogens is 1. The number of aliphatic hydroxyl groups is 1. The zero-order chi connectivity index (χ0) is 15.2. The van der Waals surface area contributed by atoms with Crippen LogP contribution < -0.4 is 20.5 Å². The molecule has 1 aromatic rings. The predicted octanol–water partition coefficient (Wildman–Crippen LogP) is 1.000. The third kappa shape index (κ3) is 4.23. The number of hydrogen-bond acceptors (Lipinski definition) is 5. The summed E-state index contributed by atoms with van der Waals surface area (Å²) in [5.74, 6) is 0.867. The van der Waals surface area contributed by atoms with Crippen molar-refractivity contribution in [2.75, 3.05) is 26.3 Å². The SMILES string of the molecule is NCCCC(=O)NCC(O)c1cc(Cl)c2c(c1)OCCO2. The van der Waals surface area contributed by atoms with Gasteiger partial charge in [0.1, 0.15) is 13.2 Å². The molecule has 7 heteroatoms. The zero-order valence-electron chi connectivity index (χ0n) is 11.6. The highest BCUT2D eigenvalue weighted by atomic mass is 35.5. The largest absolute Gasteiger partial charge is 0.486 e. The molecule has 1 aliphatic rings. The third-order valence-corrected chi connectivity index (χ3v) is 3.39. The lowest BCUT2D eigenvalue weighted by atomic mass is 10.1. The van der Waals surface area contributed by atoms with Gasteiger partial charge in [-0.3, -0.25) is 4.79 Å². The maximum absolute atomic E-state index is 11.5. The van der Waals surface area contributed by atoms with Crippen LogP contribution in [-0.2, 0) is 4.79 Å². The van der Waals surface area contributed by atoms with E-state index in [0.717, 1.165) is 0 Å². The number of benzene rings is 1. The molecule has 6 nitrogen and oxygen atoms in total. The normalized spacial score (nSPS) is 14.6. The number of carbonyl (C=O) groups is 1. The number of nitrogens with one attached hydrogen (secondary N) is 1. The number of nitrogens with two attached hydrogens (primary N) is 1. The number of hydrogen-bond donors (Lipinski definition) is 3. The molecule has 0 aromatic heterocycles. The van der Waals surface area contributed by atoms with Gasteiger partial charge in [0.2, 0.25) is 5.91 Å². The molecule has 0 saturated heterocycles. The average molecular weight is 315 g/mol. The lowest BCUT2D eigenvalue weighted by Crippen LogP contribution is -2.28. The van der Waals surface area contributed by atoms with E-state index >= 15 is 0 Å². The van der Waals surface area contributed by atoms with E-state index in [1.807, 2.05) is 0 Å². The maximum atomic E-state index is 11.5. The average Bonchev–Trinajstić information content (AvgIpc) is 2.50. The van der Waals surface area contributed by atoms with E-state index in [9.17, 15) is 9.90 Å². The van der Waals surface area contributed by atoms with Crippen molar-refractivity contribution in [3.8, 4) is 11.5 Å². The van der Waals surface area contributed by atoms with Gasteiger partial charge in [0.25, 0.3) is 0 Å². The standard InChI is InChI=1S/C14H19ClN2O4/c15-10-6-9(7-12-14(10)21-5-4-20-12)11(18)8-17-13(19)2-1-3-16/h6-7,11,18H,1-5,8,16H2,(H,17,19). The highest BCUT2D eigenvalue weighted by Gasteiger charge is 2.19. The van der Waals surface area contributed by atoms with Gasteiger partial charge in [-0.05, 0) is 30.7 Å². The molecule has 2 rings (SSSR count). The smallest absolute Gasteiger partial charge is 0.220 e. The molecule has 1 aliphatic heterocycles. The van der Waals surface area contributed by atoms with Crippen molar-refractivity contribution >= 4 is 17.5 Å². The van der Waals surface area contributed by atoms with Crippen LogP contribution in [0.15, 0.2) is 12.1 Å². The Kier molecular flexibility index (Phi) is 5.67. The van der Waals surface area contributed by atoms with Gasteiger partial charge in [-0.25, -0.2) is 0 Å². The molecule has 0 bridgehead atoms. The summed E-state index contributed by atoms with van der Waals surface area (Å²) in [6.07, 6.45) is 0.114. The first-order valence-electron chi connectivity index (χ1n) is 6.85. The second-order valence-corrected chi connectivity index (χ2v) is 5.15. The topological polar surface area (TPSA) is 93.8 Å². The summed E-state index contributed by atoms with van der Waals surface area (Å²) >= 11 is 6.11. The molecule has 1 atom stereocenters. The highest BCUT2D eigenvalue weighted by molar-refractivity contribution is 6.32. The molecule has 0 radical (unpaired) electrons. The van der Waals surface area contributed by atoms with Crippen molar-refractivity contribution in [2.45, 2.75) is 18.9 Å². The van der Waals surface area contributed by atoms with E-state index in [-0.39, 0.29) is 12.5 Å². The van der Waals surface area contributed by atoms with E-state index in [1.54, 1.807) is 12.1 Å². The van der Waals surface area contributed by atoms with E-state index in [1.165, 1.54) is 0 Å². The fourth-order valence-corrected chi connectivity index (χ4v) is 2.28. The van der Waals surface area contributed by atoms with Gasteiger partial charge in [-0.2, -0.15) is 0 Å². The Morgan fingerprint density at radius 1 is 1.43 bits per heavy atom. The molecule has 1 unspecified atom stereocenters. The summed E-state index contributed by atoms with van der Waals surface area (Å²) in [6.45, 7) is 1.47. The Balaban J connectivity index is 1.97. The summed E-state index contributed by atoms with van der Waals surface area (Å²) in [6, 6.07) is 3.29. The number of fused-ring (bicyclic) bond motifs is 1. The summed E-state index contributed by atoms with van der Waals surface area (Å²) < 4.78 is 10.9. The summed E-state index contributed by atoms with van der Waals surface area (Å²) in [7, 11) is 0. The third-order valence-electron chi connectivity index (χ3n) is 3.10. The molecule has 0 fully saturated rings. The van der Waals surface area contributed by atoms with Gasteiger partial charge >= 0.3 is 0 Å². The summed E-state index contributed by atoms with van der Waals surface area (Å²) in [4.78, 5) is 11.5. The van der Waals surface area contributed by atoms with Crippen LogP contribution in [0.5, 0.6) is 11.5 Å². The fourth-order valence-electron chi connectivity index (χ4n) is 2.00. The van der Waals surface area contributed by atoms with Crippen LogP contribution in [0.1, 0.15) is 24.5 Å². The van der Waals surface area contributed by atoms with E-state index in [2.05, 4.69) is 5.32 Å². The predicted molar refractivity (Wildman–Crippen MR) is 78.7 cm³/mol. The minimum absolute atomic E-state index is 0.110. The lowest BCUT2D eigenvalue weighted by Gasteiger charge is -2.21. The van der Waals surface area contributed by atoms with Gasteiger partial charge in [-0.1, -0.05) is 11.6 Å². The van der Waals surface area contributed by atoms with E-state index in [0.29, 0.717) is 54.7 Å². The van der Waals surface area contributed by atoms with Crippen LogP contribution in [0, 0.1) is 0 Å². The number of ether oxygens (including phenoxy) is 2. The van der Waals surface area contributed by atoms with Crippen molar-refractivity contribution in [2.24, 2.45) is 5.73 Å². The van der Waals surface area contributed by atoms with Crippen molar-refractivity contribution in [3.05, 3.63) is 22.7 Å². The number of amides is 1. The van der Waals surface area contributed by atoms with Gasteiger partial charge < -0.3 is 25.6 Å². The van der Waals surface area contributed by atoms with Gasteiger partial charge in [0, 0.05) is 13.0 Å². The van der Waals surface area contributed by atoms with Crippen LogP contribution in [0.2, 0.25) is 5.02 Å². The lowest BCUT2D eigenvalue weighted by molar-refractivity contribution is -0.121. The van der Waals surface area contributed by atoms with Crippen LogP contribution in [0.25, 0.3) is 0 Å². The van der Waals surface area contributed by atoms with Crippen LogP contribution in [0.3, 0.4) is 0 Å². The maximum Gasteiger partial charge on any atom is 0.220 e. The molecule has 1 amide bonds. The number of carbonyl (C=O) groups excluding carboxylic acids is 1. The number of rotatable bonds is 6. The van der Waals surface area contributed by atoms with Gasteiger partial charge in [0.15, 0.2) is 11.5 Å². The Hall–Kier alpha value is -1.50. The molecule has 116 valence electrons. The second kappa shape index (κ2) is 7.49. The van der Waals surface area contributed by atoms with Crippen molar-refractivity contribution < 1.29 is 19.4 Å². The van der Waals surface area contributed by atoms with Crippen LogP contribution >= 0.6 is 11.6 Å². The Morgan fingerprint density at radius 3 is 2.95 bits per heavy atom. The first-order chi connectivity index (χ1) is 10.1.